The Bertz CT molecular complexity index is 2790. The number of likely N-dealkylation sites (tertiary alicyclic amines) is 1. The van der Waals surface area contributed by atoms with Crippen LogP contribution >= 0.6 is 0 Å². The molecule has 3 atom stereocenters. The van der Waals surface area contributed by atoms with Crippen LogP contribution in [0.25, 0.3) is 28.3 Å². The number of hydrogen-bond donors (Lipinski definition) is 2. The second kappa shape index (κ2) is 14.3. The summed E-state index contributed by atoms with van der Waals surface area (Å²) in [5.74, 6) is 0.199. The van der Waals surface area contributed by atoms with E-state index in [1.54, 1.807) is 40.0 Å². The molecule has 2 amide bonds. The van der Waals surface area contributed by atoms with E-state index in [0.717, 1.165) is 56.5 Å². The van der Waals surface area contributed by atoms with Crippen LogP contribution in [0.4, 0.5) is 13.2 Å². The number of carbonyl (C=O) groups is 2. The molecule has 7 heterocycles. The quantitative estimate of drug-likeness (QED) is 0.148. The number of carbonyl (C=O) groups excluding carboxylic acids is 2. The Morgan fingerprint density at radius 2 is 1.80 bits per heavy atom. The summed E-state index contributed by atoms with van der Waals surface area (Å²) in [6, 6.07) is 6.79. The topological polar surface area (TPSA) is 161 Å². The summed E-state index contributed by atoms with van der Waals surface area (Å²) in [4.78, 5) is 49.1. The average Bonchev–Trinajstić information content (AvgIpc) is 3.94. The lowest BCUT2D eigenvalue weighted by Gasteiger charge is -2.33. The summed E-state index contributed by atoms with van der Waals surface area (Å²) in [5, 5.41) is 21.2. The van der Waals surface area contributed by atoms with Crippen molar-refractivity contribution in [3.8, 4) is 22.5 Å². The van der Waals surface area contributed by atoms with Crippen molar-refractivity contribution in [1.29, 1.82) is 0 Å². The monoisotopic (exact) mass is 838 g/mol. The Hall–Kier alpha value is -5.97. The van der Waals surface area contributed by atoms with Crippen LogP contribution in [-0.2, 0) is 41.3 Å². The normalized spacial score (nSPS) is 20.9. The van der Waals surface area contributed by atoms with Crippen LogP contribution in [0.5, 0.6) is 0 Å². The van der Waals surface area contributed by atoms with Gasteiger partial charge in [0.1, 0.15) is 11.6 Å². The average molecular weight is 839 g/mol. The molecule has 6 aromatic heterocycles. The number of amides is 2. The Labute approximate surface area is 354 Å². The molecule has 3 aliphatic rings. The molecule has 1 saturated heterocycles. The van der Waals surface area contributed by atoms with Crippen LogP contribution in [-0.4, -0.2) is 83.8 Å². The first kappa shape index (κ1) is 36.8. The molecule has 1 aliphatic heterocycles. The lowest BCUT2D eigenvalue weighted by Crippen LogP contribution is -2.56. The highest BCUT2D eigenvalue weighted by atomic mass is 19.4. The number of imidazole rings is 1. The zero-order chi connectivity index (χ0) is 45.7. The maximum absolute atomic E-state index is 14.6. The van der Waals surface area contributed by atoms with Crippen molar-refractivity contribution in [3.05, 3.63) is 101 Å². The maximum atomic E-state index is 14.6. The number of hydrogen-bond acceptors (Lipinski definition) is 9. The number of pyridine rings is 2. The van der Waals surface area contributed by atoms with Crippen LogP contribution in [0, 0.1) is 12.3 Å². The molecule has 17 heteroatoms. The Kier molecular flexibility index (Phi) is 8.65. The summed E-state index contributed by atoms with van der Waals surface area (Å²) in [6.45, 7) is 5.75. The molecule has 2 saturated carbocycles. The Morgan fingerprint density at radius 3 is 2.48 bits per heavy atom. The molecule has 0 unspecified atom stereocenters. The van der Waals surface area contributed by atoms with Crippen molar-refractivity contribution in [1.82, 2.24) is 54.1 Å². The van der Waals surface area contributed by atoms with Gasteiger partial charge in [0.25, 0.3) is 0 Å². The molecule has 0 bridgehead atoms. The first-order valence-electron chi connectivity index (χ1n) is 21.8. The number of nitrogens with zero attached hydrogens (tertiary/aromatic N) is 10. The second-order valence-corrected chi connectivity index (χ2v) is 18.0. The van der Waals surface area contributed by atoms with Crippen molar-refractivity contribution in [3.63, 3.8) is 0 Å². The molecule has 61 heavy (non-hydrogen) atoms. The highest BCUT2D eigenvalue weighted by Crippen LogP contribution is 2.65. The van der Waals surface area contributed by atoms with Gasteiger partial charge in [-0.05, 0) is 95.7 Å². The van der Waals surface area contributed by atoms with Crippen molar-refractivity contribution < 1.29 is 32.0 Å². The second-order valence-electron chi connectivity index (χ2n) is 18.0. The fraction of sp³-hybridized carbons (Fsp3) is 0.455. The lowest BCUT2D eigenvalue weighted by molar-refractivity contribution is -0.141. The van der Waals surface area contributed by atoms with Crippen molar-refractivity contribution in [2.45, 2.75) is 108 Å². The number of fused-ring (bicyclic) bond motifs is 1. The molecular formula is C44H48F3N11O3. The number of aliphatic hydroxyl groups is 1. The molecule has 6 aromatic rings. The van der Waals surface area contributed by atoms with E-state index in [0.29, 0.717) is 41.4 Å². The third kappa shape index (κ3) is 7.79. The van der Waals surface area contributed by atoms with Gasteiger partial charge in [0.2, 0.25) is 17.6 Å². The molecule has 0 aromatic carbocycles. The van der Waals surface area contributed by atoms with Crippen LogP contribution in [0.1, 0.15) is 103 Å². The molecule has 1 spiro atoms. The predicted molar refractivity (Wildman–Crippen MR) is 218 cm³/mol. The molecule has 3 fully saturated rings. The van der Waals surface area contributed by atoms with Gasteiger partial charge < -0.3 is 15.3 Å². The SMILES string of the molecule is [2H]C([2H])([2H])n1cc(C[C@H](C(=O)NC(C)(C)Cn2nc(C(F)(F)F)cc2-c2ccc(C(C)(C)O)nc2)N2CC[C@@]3(C[C@@H]3c3ccc(-c4cnc5nc(C6CC6)cn5c4)nc3C)C2=O)cn1. The predicted octanol–water partition coefficient (Wildman–Crippen LogP) is 6.13. The first-order valence-corrected chi connectivity index (χ1v) is 20.3. The third-order valence-electron chi connectivity index (χ3n) is 12.2. The zero-order valence-corrected chi connectivity index (χ0v) is 34.4. The van der Waals surface area contributed by atoms with Gasteiger partial charge >= 0.3 is 6.18 Å². The van der Waals surface area contributed by atoms with E-state index >= 15 is 0 Å². The molecule has 14 nitrogen and oxygen atoms in total. The Balaban J connectivity index is 0.960. The summed E-state index contributed by atoms with van der Waals surface area (Å²) < 4.78 is 69.5. The van der Waals surface area contributed by atoms with Crippen LogP contribution in [0.2, 0.25) is 0 Å². The highest BCUT2D eigenvalue weighted by molar-refractivity contribution is 5.94. The zero-order valence-electron chi connectivity index (χ0n) is 37.4. The molecular weight excluding hydrogens is 788 g/mol. The number of rotatable bonds is 12. The molecule has 0 radical (unpaired) electrons. The number of halogens is 3. The molecule has 2 N–H and O–H groups in total. The summed E-state index contributed by atoms with van der Waals surface area (Å²) in [6.07, 6.45) is 8.25. The lowest BCUT2D eigenvalue weighted by atomic mass is 9.96. The van der Waals surface area contributed by atoms with Gasteiger partial charge in [0.05, 0.1) is 46.5 Å². The summed E-state index contributed by atoms with van der Waals surface area (Å²) in [5.41, 5.74) is 1.03. The van der Waals surface area contributed by atoms with E-state index in [2.05, 4.69) is 30.5 Å². The van der Waals surface area contributed by atoms with Gasteiger partial charge in [-0.1, -0.05) is 6.07 Å². The number of nitrogens with one attached hydrogen (secondary N) is 1. The fourth-order valence-corrected chi connectivity index (χ4v) is 8.73. The smallest absolute Gasteiger partial charge is 0.384 e. The minimum Gasteiger partial charge on any atom is -0.384 e. The minimum absolute atomic E-state index is 0.0678. The van der Waals surface area contributed by atoms with Crippen LogP contribution in [0.15, 0.2) is 67.5 Å². The van der Waals surface area contributed by atoms with Gasteiger partial charge in [-0.2, -0.15) is 23.4 Å². The van der Waals surface area contributed by atoms with E-state index in [-0.39, 0.29) is 37.0 Å². The Morgan fingerprint density at radius 1 is 1.02 bits per heavy atom. The van der Waals surface area contributed by atoms with E-state index in [1.807, 2.05) is 35.9 Å². The maximum Gasteiger partial charge on any atom is 0.435 e. The van der Waals surface area contributed by atoms with Gasteiger partial charge in [-0.25, -0.2) is 9.97 Å². The van der Waals surface area contributed by atoms with Crippen molar-refractivity contribution in [2.24, 2.45) is 12.4 Å². The number of aromatic nitrogens is 9. The van der Waals surface area contributed by atoms with Gasteiger partial charge in [0.15, 0.2) is 5.69 Å². The largest absolute Gasteiger partial charge is 0.435 e. The van der Waals surface area contributed by atoms with Crippen molar-refractivity contribution in [2.75, 3.05) is 6.54 Å². The molecule has 9 rings (SSSR count). The van der Waals surface area contributed by atoms with Crippen molar-refractivity contribution >= 4 is 17.6 Å². The number of alkyl halides is 3. The first-order chi connectivity index (χ1) is 30.0. The van der Waals surface area contributed by atoms with Crippen LogP contribution in [0.3, 0.4) is 0 Å². The fourth-order valence-electron chi connectivity index (χ4n) is 8.73. The van der Waals surface area contributed by atoms with E-state index < -0.39 is 47.4 Å². The van der Waals surface area contributed by atoms with Gasteiger partial charge in [0, 0.05) is 83.7 Å². The highest BCUT2D eigenvalue weighted by Gasteiger charge is 2.65. The van der Waals surface area contributed by atoms with E-state index in [1.165, 1.54) is 29.6 Å². The van der Waals surface area contributed by atoms with Gasteiger partial charge in [-0.3, -0.25) is 33.3 Å². The molecule has 2 aliphatic carbocycles. The van der Waals surface area contributed by atoms with E-state index in [4.69, 9.17) is 9.10 Å². The minimum atomic E-state index is -4.77. The summed E-state index contributed by atoms with van der Waals surface area (Å²) in [7, 11) is 0. The van der Waals surface area contributed by atoms with Gasteiger partial charge in [-0.15, -0.1) is 0 Å². The molecule has 318 valence electrons. The number of aryl methyl sites for hydroxylation is 2. The van der Waals surface area contributed by atoms with Crippen LogP contribution < -0.4 is 5.32 Å². The standard InChI is InChI=1S/C44H48F3N11O3/c1-25-30(10-11-32(51-25)29-20-49-40-52-33(27-7-8-27)23-56(40)22-29)31-17-43(31)13-14-57(39(43)60)35(15-26-18-50-55(6)21-26)38(59)53-41(2,3)24-58-34(16-37(54-58)44(45,46)47)28-9-12-36(48-19-28)42(4,5)61/h9-12,16,18-23,27,31,35,61H,7-8,13-15,17,24H2,1-6H3,(H,53,59)/t31-,35-,43+/m1/s1/i6D3. The third-order valence-corrected chi connectivity index (χ3v) is 12.2. The summed E-state index contributed by atoms with van der Waals surface area (Å²) >= 11 is 0. The van der Waals surface area contributed by atoms with E-state index in [9.17, 15) is 27.9 Å².